The quantitative estimate of drug-likeness (QED) is 0.926. The van der Waals surface area contributed by atoms with Crippen LogP contribution in [0, 0.1) is 18.2 Å². The Morgan fingerprint density at radius 1 is 1.42 bits per heavy atom. The summed E-state index contributed by atoms with van der Waals surface area (Å²) < 4.78 is 13.2. The van der Waals surface area contributed by atoms with E-state index in [4.69, 9.17) is 5.73 Å². The number of nitrogens with two attached hydrogens (primary N) is 1. The van der Waals surface area contributed by atoms with Gasteiger partial charge in [-0.15, -0.1) is 12.4 Å². The smallest absolute Gasteiger partial charge is 0.253 e. The second kappa shape index (κ2) is 6.87. The highest BCUT2D eigenvalue weighted by atomic mass is 35.5. The van der Waals surface area contributed by atoms with Gasteiger partial charge in [-0.1, -0.05) is 19.9 Å². The second-order valence-corrected chi connectivity index (χ2v) is 5.49. The molecule has 2 N–H and O–H groups in total. The molecule has 0 radical (unpaired) electrons. The van der Waals surface area contributed by atoms with Crippen molar-refractivity contribution >= 4 is 18.3 Å². The van der Waals surface area contributed by atoms with Crippen molar-refractivity contribution in [1.29, 1.82) is 0 Å². The molecule has 5 heteroatoms. The number of hydrogen-bond acceptors (Lipinski definition) is 2. The van der Waals surface area contributed by atoms with E-state index >= 15 is 0 Å². The Hall–Kier alpha value is -1.13. The lowest BCUT2D eigenvalue weighted by Gasteiger charge is -2.29. The van der Waals surface area contributed by atoms with Gasteiger partial charge in [0.05, 0.1) is 0 Å². The second-order valence-electron chi connectivity index (χ2n) is 5.49. The minimum Gasteiger partial charge on any atom is -0.341 e. The maximum atomic E-state index is 13.2. The van der Waals surface area contributed by atoms with Crippen LogP contribution in [0.4, 0.5) is 4.39 Å². The van der Waals surface area contributed by atoms with E-state index in [1.807, 2.05) is 13.8 Å². The Kier molecular flexibility index (Phi) is 6.46. The monoisotopic (exact) mass is 288 g/mol. The highest BCUT2D eigenvalue weighted by Gasteiger charge is 2.22. The molecule has 1 aromatic carbocycles. The van der Waals surface area contributed by atoms with Crippen LogP contribution in [-0.4, -0.2) is 30.9 Å². The van der Waals surface area contributed by atoms with Gasteiger partial charge in [0.15, 0.2) is 0 Å². The lowest BCUT2D eigenvalue weighted by molar-refractivity contribution is 0.0739. The number of rotatable bonds is 4. The van der Waals surface area contributed by atoms with Crippen LogP contribution in [0.15, 0.2) is 18.2 Å². The maximum Gasteiger partial charge on any atom is 0.253 e. The fraction of sp³-hybridized carbons (Fsp3) is 0.500. The number of carbonyl (C=O) groups is 1. The first-order valence-corrected chi connectivity index (χ1v) is 5.98. The molecule has 1 aromatic rings. The molecule has 0 unspecified atom stereocenters. The van der Waals surface area contributed by atoms with Crippen LogP contribution < -0.4 is 5.73 Å². The van der Waals surface area contributed by atoms with Gasteiger partial charge in [0.25, 0.3) is 5.91 Å². The molecule has 0 atom stereocenters. The van der Waals surface area contributed by atoms with E-state index in [0.717, 1.165) is 5.56 Å². The molecule has 0 fully saturated rings. The zero-order valence-electron chi connectivity index (χ0n) is 11.9. The number of aryl methyl sites for hydroxylation is 1. The van der Waals surface area contributed by atoms with Gasteiger partial charge in [0, 0.05) is 19.2 Å². The SMILES string of the molecule is Cc1ccc(F)cc1C(=O)N(C)CC(C)(C)CN.Cl. The molecule has 0 aliphatic heterocycles. The van der Waals surface area contributed by atoms with E-state index in [2.05, 4.69) is 0 Å². The topological polar surface area (TPSA) is 46.3 Å². The van der Waals surface area contributed by atoms with E-state index in [9.17, 15) is 9.18 Å². The van der Waals surface area contributed by atoms with Crippen LogP contribution in [-0.2, 0) is 0 Å². The van der Waals surface area contributed by atoms with Gasteiger partial charge < -0.3 is 10.6 Å². The highest BCUT2D eigenvalue weighted by molar-refractivity contribution is 5.95. The molecule has 3 nitrogen and oxygen atoms in total. The van der Waals surface area contributed by atoms with Crippen LogP contribution in [0.5, 0.6) is 0 Å². The van der Waals surface area contributed by atoms with Crippen LogP contribution in [0.25, 0.3) is 0 Å². The molecule has 0 aliphatic rings. The van der Waals surface area contributed by atoms with E-state index in [-0.39, 0.29) is 23.7 Å². The lowest BCUT2D eigenvalue weighted by Crippen LogP contribution is -2.40. The number of hydrogen-bond donors (Lipinski definition) is 1. The third-order valence-electron chi connectivity index (χ3n) is 2.99. The van der Waals surface area contributed by atoms with Crippen molar-refractivity contribution in [1.82, 2.24) is 4.90 Å². The molecule has 0 saturated carbocycles. The van der Waals surface area contributed by atoms with Gasteiger partial charge in [-0.25, -0.2) is 4.39 Å². The molecule has 0 aromatic heterocycles. The molecule has 0 heterocycles. The van der Waals surface area contributed by atoms with Crippen molar-refractivity contribution < 1.29 is 9.18 Å². The van der Waals surface area contributed by atoms with E-state index in [0.29, 0.717) is 18.7 Å². The molecular formula is C14H22ClFN2O. The predicted octanol–water partition coefficient (Wildman–Crippen LogP) is 2.61. The summed E-state index contributed by atoms with van der Waals surface area (Å²) in [6.45, 7) is 6.82. The fourth-order valence-electron chi connectivity index (χ4n) is 1.81. The molecule has 0 bridgehead atoms. The average Bonchev–Trinajstić information content (AvgIpc) is 2.31. The number of nitrogens with zero attached hydrogens (tertiary/aromatic N) is 1. The first-order valence-electron chi connectivity index (χ1n) is 5.98. The van der Waals surface area contributed by atoms with Gasteiger partial charge in [0.2, 0.25) is 0 Å². The third-order valence-corrected chi connectivity index (χ3v) is 2.99. The lowest BCUT2D eigenvalue weighted by atomic mass is 9.93. The van der Waals surface area contributed by atoms with Gasteiger partial charge in [-0.2, -0.15) is 0 Å². The summed E-state index contributed by atoms with van der Waals surface area (Å²) in [7, 11) is 1.71. The molecule has 108 valence electrons. The van der Waals surface area contributed by atoms with Crippen molar-refractivity contribution in [3.05, 3.63) is 35.1 Å². The molecule has 0 saturated heterocycles. The number of amides is 1. The molecular weight excluding hydrogens is 267 g/mol. The van der Waals surface area contributed by atoms with Gasteiger partial charge in [0.1, 0.15) is 5.82 Å². The van der Waals surface area contributed by atoms with Crippen LogP contribution in [0.2, 0.25) is 0 Å². The highest BCUT2D eigenvalue weighted by Crippen LogP contribution is 2.17. The molecule has 1 amide bonds. The van der Waals surface area contributed by atoms with Crippen molar-refractivity contribution in [3.8, 4) is 0 Å². The maximum absolute atomic E-state index is 13.2. The van der Waals surface area contributed by atoms with Crippen LogP contribution >= 0.6 is 12.4 Å². The van der Waals surface area contributed by atoms with Crippen molar-refractivity contribution in [2.24, 2.45) is 11.1 Å². The standard InChI is InChI=1S/C14H21FN2O.ClH/c1-10-5-6-11(15)7-12(10)13(18)17(4)9-14(2,3)8-16;/h5-7H,8-9,16H2,1-4H3;1H. The Balaban J connectivity index is 0.00000324. The van der Waals surface area contributed by atoms with Gasteiger partial charge in [-0.05, 0) is 36.6 Å². The number of carbonyl (C=O) groups excluding carboxylic acids is 1. The predicted molar refractivity (Wildman–Crippen MR) is 78.2 cm³/mol. The average molecular weight is 289 g/mol. The summed E-state index contributed by atoms with van der Waals surface area (Å²) in [6, 6.07) is 4.25. The molecule has 19 heavy (non-hydrogen) atoms. The Morgan fingerprint density at radius 3 is 2.53 bits per heavy atom. The zero-order valence-corrected chi connectivity index (χ0v) is 12.7. The molecule has 0 aliphatic carbocycles. The Labute approximate surface area is 120 Å². The van der Waals surface area contributed by atoms with Gasteiger partial charge >= 0.3 is 0 Å². The van der Waals surface area contributed by atoms with E-state index in [1.165, 1.54) is 12.1 Å². The minimum atomic E-state index is -0.393. The minimum absolute atomic E-state index is 0. The summed E-state index contributed by atoms with van der Waals surface area (Å²) in [5.41, 5.74) is 6.69. The number of halogens is 2. The fourth-order valence-corrected chi connectivity index (χ4v) is 1.81. The van der Waals surface area contributed by atoms with E-state index in [1.54, 1.807) is 24.9 Å². The zero-order chi connectivity index (χ0) is 13.9. The van der Waals surface area contributed by atoms with Crippen LogP contribution in [0.3, 0.4) is 0 Å². The largest absolute Gasteiger partial charge is 0.341 e. The number of benzene rings is 1. The summed E-state index contributed by atoms with van der Waals surface area (Å²) in [5, 5.41) is 0. The van der Waals surface area contributed by atoms with Crippen molar-refractivity contribution in [2.45, 2.75) is 20.8 Å². The summed E-state index contributed by atoms with van der Waals surface area (Å²) in [5.74, 6) is -0.566. The van der Waals surface area contributed by atoms with Crippen molar-refractivity contribution in [2.75, 3.05) is 20.1 Å². The Bertz CT molecular complexity index is 449. The van der Waals surface area contributed by atoms with E-state index < -0.39 is 5.82 Å². The summed E-state index contributed by atoms with van der Waals surface area (Å²) in [4.78, 5) is 13.8. The first kappa shape index (κ1) is 17.9. The Morgan fingerprint density at radius 2 is 2.00 bits per heavy atom. The summed E-state index contributed by atoms with van der Waals surface area (Å²) in [6.07, 6.45) is 0. The van der Waals surface area contributed by atoms with Crippen LogP contribution in [0.1, 0.15) is 29.8 Å². The molecule has 1 rings (SSSR count). The normalized spacial score (nSPS) is 10.8. The van der Waals surface area contributed by atoms with Crippen molar-refractivity contribution in [3.63, 3.8) is 0 Å². The third kappa shape index (κ3) is 4.80. The first-order chi connectivity index (χ1) is 8.26. The summed E-state index contributed by atoms with van der Waals surface area (Å²) >= 11 is 0. The van der Waals surface area contributed by atoms with Gasteiger partial charge in [-0.3, -0.25) is 4.79 Å². The molecule has 0 spiro atoms.